The molecular formula is C12H18N2. The van der Waals surface area contributed by atoms with E-state index in [0.29, 0.717) is 0 Å². The van der Waals surface area contributed by atoms with Crippen LogP contribution in [0.25, 0.3) is 0 Å². The molecule has 14 heavy (non-hydrogen) atoms. The average Bonchev–Trinajstić information content (AvgIpc) is 2.19. The molecular weight excluding hydrogens is 172 g/mol. The van der Waals surface area contributed by atoms with E-state index in [-0.39, 0.29) is 0 Å². The van der Waals surface area contributed by atoms with Gasteiger partial charge in [0.2, 0.25) is 0 Å². The molecule has 0 radical (unpaired) electrons. The van der Waals surface area contributed by atoms with Gasteiger partial charge in [0.25, 0.3) is 0 Å². The molecule has 1 aromatic rings. The summed E-state index contributed by atoms with van der Waals surface area (Å²) >= 11 is 0. The predicted octanol–water partition coefficient (Wildman–Crippen LogP) is 2.63. The van der Waals surface area contributed by atoms with Crippen molar-refractivity contribution in [1.82, 2.24) is 4.98 Å². The van der Waals surface area contributed by atoms with E-state index >= 15 is 0 Å². The highest BCUT2D eigenvalue weighted by Crippen LogP contribution is 2.21. The summed E-state index contributed by atoms with van der Waals surface area (Å²) in [5, 5.41) is 0. The highest BCUT2D eigenvalue weighted by molar-refractivity contribution is 5.40. The van der Waals surface area contributed by atoms with Crippen molar-refractivity contribution in [1.29, 1.82) is 0 Å². The molecule has 0 spiro atoms. The van der Waals surface area contributed by atoms with E-state index in [0.717, 1.165) is 24.8 Å². The van der Waals surface area contributed by atoms with Gasteiger partial charge >= 0.3 is 0 Å². The van der Waals surface area contributed by atoms with Crippen molar-refractivity contribution in [3.63, 3.8) is 0 Å². The first-order chi connectivity index (χ1) is 6.75. The monoisotopic (exact) mass is 190 g/mol. The van der Waals surface area contributed by atoms with E-state index in [9.17, 15) is 0 Å². The summed E-state index contributed by atoms with van der Waals surface area (Å²) in [5.74, 6) is 2.04. The van der Waals surface area contributed by atoms with Crippen molar-refractivity contribution in [3.05, 3.63) is 23.9 Å². The van der Waals surface area contributed by atoms with Crippen LogP contribution in [-0.4, -0.2) is 18.1 Å². The summed E-state index contributed by atoms with van der Waals surface area (Å²) in [7, 11) is 0. The van der Waals surface area contributed by atoms with Crippen LogP contribution in [0.4, 0.5) is 5.82 Å². The fraction of sp³-hybridized carbons (Fsp3) is 0.583. The van der Waals surface area contributed by atoms with Crippen LogP contribution in [0.5, 0.6) is 0 Å². The fourth-order valence-electron chi connectivity index (χ4n) is 1.93. The van der Waals surface area contributed by atoms with E-state index < -0.39 is 0 Å². The van der Waals surface area contributed by atoms with E-state index in [4.69, 9.17) is 0 Å². The van der Waals surface area contributed by atoms with Crippen LogP contribution in [0, 0.1) is 12.8 Å². The van der Waals surface area contributed by atoms with Crippen molar-refractivity contribution < 1.29 is 0 Å². The van der Waals surface area contributed by atoms with E-state index in [2.05, 4.69) is 35.9 Å². The Kier molecular flexibility index (Phi) is 2.71. The van der Waals surface area contributed by atoms with Crippen molar-refractivity contribution in [3.8, 4) is 0 Å². The molecule has 2 rings (SSSR count). The number of rotatable bonds is 1. The molecule has 0 N–H and O–H groups in total. The number of aryl methyl sites for hydroxylation is 1. The Labute approximate surface area is 86.0 Å². The van der Waals surface area contributed by atoms with Crippen LogP contribution < -0.4 is 4.90 Å². The highest BCUT2D eigenvalue weighted by Gasteiger charge is 2.16. The second-order valence-corrected chi connectivity index (χ2v) is 4.36. The van der Waals surface area contributed by atoms with Crippen LogP contribution in [0.2, 0.25) is 0 Å². The van der Waals surface area contributed by atoms with Gasteiger partial charge < -0.3 is 4.90 Å². The zero-order chi connectivity index (χ0) is 9.97. The summed E-state index contributed by atoms with van der Waals surface area (Å²) in [6.07, 6.45) is 4.51. The molecule has 1 saturated heterocycles. The molecule has 0 saturated carbocycles. The third-order valence-electron chi connectivity index (χ3n) is 3.01. The van der Waals surface area contributed by atoms with Gasteiger partial charge in [-0.3, -0.25) is 0 Å². The largest absolute Gasteiger partial charge is 0.357 e. The van der Waals surface area contributed by atoms with Gasteiger partial charge in [-0.05, 0) is 43.4 Å². The minimum Gasteiger partial charge on any atom is -0.357 e. The first-order valence-corrected chi connectivity index (χ1v) is 5.43. The molecule has 0 amide bonds. The molecule has 76 valence electrons. The van der Waals surface area contributed by atoms with Gasteiger partial charge in [0.1, 0.15) is 5.82 Å². The first-order valence-electron chi connectivity index (χ1n) is 5.43. The fourth-order valence-corrected chi connectivity index (χ4v) is 1.93. The van der Waals surface area contributed by atoms with Crippen LogP contribution in [-0.2, 0) is 0 Å². The zero-order valence-electron chi connectivity index (χ0n) is 9.03. The Hall–Kier alpha value is -1.05. The maximum absolute atomic E-state index is 4.41. The topological polar surface area (TPSA) is 16.1 Å². The van der Waals surface area contributed by atoms with Crippen LogP contribution in [0.1, 0.15) is 25.3 Å². The van der Waals surface area contributed by atoms with Gasteiger partial charge in [-0.2, -0.15) is 0 Å². The Morgan fingerprint density at radius 2 is 2.07 bits per heavy atom. The zero-order valence-corrected chi connectivity index (χ0v) is 9.03. The number of nitrogens with zero attached hydrogens (tertiary/aromatic N) is 2. The molecule has 0 bridgehead atoms. The third-order valence-corrected chi connectivity index (χ3v) is 3.01. The predicted molar refractivity (Wildman–Crippen MR) is 59.6 cm³/mol. The summed E-state index contributed by atoms with van der Waals surface area (Å²) in [6.45, 7) is 6.79. The second-order valence-electron chi connectivity index (χ2n) is 4.36. The normalized spacial score (nSPS) is 18.6. The first kappa shape index (κ1) is 9.50. The van der Waals surface area contributed by atoms with Gasteiger partial charge in [0.15, 0.2) is 0 Å². The molecule has 0 aliphatic carbocycles. The minimum absolute atomic E-state index is 0.885. The molecule has 0 atom stereocenters. The number of piperidine rings is 1. The van der Waals surface area contributed by atoms with Gasteiger partial charge in [0.05, 0.1) is 0 Å². The average molecular weight is 190 g/mol. The third kappa shape index (κ3) is 2.06. The lowest BCUT2D eigenvalue weighted by Gasteiger charge is -2.31. The van der Waals surface area contributed by atoms with Crippen molar-refractivity contribution >= 4 is 5.82 Å². The summed E-state index contributed by atoms with van der Waals surface area (Å²) in [6, 6.07) is 4.23. The summed E-state index contributed by atoms with van der Waals surface area (Å²) in [4.78, 5) is 6.81. The van der Waals surface area contributed by atoms with Crippen LogP contribution in [0.15, 0.2) is 18.3 Å². The molecule has 0 unspecified atom stereocenters. The van der Waals surface area contributed by atoms with E-state index in [1.54, 1.807) is 0 Å². The Balaban J connectivity index is 2.08. The highest BCUT2D eigenvalue weighted by atomic mass is 15.2. The maximum Gasteiger partial charge on any atom is 0.128 e. The standard InChI is InChI=1S/C12H18N2/c1-10-4-7-14(8-5-10)12-9-11(2)3-6-13-12/h3,6,9-10H,4-5,7-8H2,1-2H3. The lowest BCUT2D eigenvalue weighted by molar-refractivity contribution is 0.436. The maximum atomic E-state index is 4.41. The van der Waals surface area contributed by atoms with E-state index in [1.807, 2.05) is 6.20 Å². The SMILES string of the molecule is Cc1ccnc(N2CCC(C)CC2)c1. The molecule has 1 aromatic heterocycles. The van der Waals surface area contributed by atoms with Crippen molar-refractivity contribution in [2.45, 2.75) is 26.7 Å². The van der Waals surface area contributed by atoms with Crippen molar-refractivity contribution in [2.75, 3.05) is 18.0 Å². The molecule has 1 aliphatic heterocycles. The number of hydrogen-bond donors (Lipinski definition) is 0. The van der Waals surface area contributed by atoms with Crippen LogP contribution in [0.3, 0.4) is 0 Å². The smallest absolute Gasteiger partial charge is 0.128 e. The summed E-state index contributed by atoms with van der Waals surface area (Å²) in [5.41, 5.74) is 1.30. The van der Waals surface area contributed by atoms with Gasteiger partial charge in [-0.1, -0.05) is 6.92 Å². The number of anilines is 1. The molecule has 0 aromatic carbocycles. The molecule has 1 aliphatic rings. The Morgan fingerprint density at radius 3 is 2.71 bits per heavy atom. The molecule has 2 heterocycles. The van der Waals surface area contributed by atoms with Gasteiger partial charge in [0, 0.05) is 19.3 Å². The van der Waals surface area contributed by atoms with Gasteiger partial charge in [-0.15, -0.1) is 0 Å². The lowest BCUT2D eigenvalue weighted by Crippen LogP contribution is -2.33. The quantitative estimate of drug-likeness (QED) is 0.676. The van der Waals surface area contributed by atoms with Crippen molar-refractivity contribution in [2.24, 2.45) is 5.92 Å². The van der Waals surface area contributed by atoms with Gasteiger partial charge in [-0.25, -0.2) is 4.98 Å². The van der Waals surface area contributed by atoms with Crippen LogP contribution >= 0.6 is 0 Å². The Bertz CT molecular complexity index is 301. The lowest BCUT2D eigenvalue weighted by atomic mass is 9.99. The number of hydrogen-bond acceptors (Lipinski definition) is 2. The second kappa shape index (κ2) is 3.99. The molecule has 1 fully saturated rings. The Morgan fingerprint density at radius 1 is 1.36 bits per heavy atom. The number of aromatic nitrogens is 1. The minimum atomic E-state index is 0.885. The number of pyridine rings is 1. The molecule has 2 heteroatoms. The van der Waals surface area contributed by atoms with E-state index in [1.165, 1.54) is 18.4 Å². The molecule has 2 nitrogen and oxygen atoms in total. The summed E-state index contributed by atoms with van der Waals surface area (Å²) < 4.78 is 0.